The maximum absolute atomic E-state index is 11.3. The number of carbonyl (C=O) groups excluding carboxylic acids is 1. The van der Waals surface area contributed by atoms with Crippen LogP contribution in [-0.2, 0) is 4.74 Å². The summed E-state index contributed by atoms with van der Waals surface area (Å²) in [6.45, 7) is 0. The van der Waals surface area contributed by atoms with Crippen molar-refractivity contribution in [2.45, 2.75) is 0 Å². The van der Waals surface area contributed by atoms with Gasteiger partial charge in [0.15, 0.2) is 5.75 Å². The fourth-order valence-corrected chi connectivity index (χ4v) is 1.21. The van der Waals surface area contributed by atoms with Crippen molar-refractivity contribution < 1.29 is 14.3 Å². The summed E-state index contributed by atoms with van der Waals surface area (Å²) in [5.74, 6) is -0.269. The number of nitrogens with two attached hydrogens (primary N) is 1. The monoisotopic (exact) mass is 215 g/mol. The molecule has 0 unspecified atom stereocenters. The highest BCUT2D eigenvalue weighted by Gasteiger charge is 2.16. The van der Waals surface area contributed by atoms with Crippen LogP contribution < -0.4 is 10.5 Å². The highest BCUT2D eigenvalue weighted by molar-refractivity contribution is 6.33. The molecule has 0 aliphatic heterocycles. The van der Waals surface area contributed by atoms with Gasteiger partial charge in [-0.05, 0) is 12.1 Å². The molecule has 2 N–H and O–H groups in total. The molecule has 0 spiro atoms. The highest BCUT2D eigenvalue weighted by atomic mass is 35.5. The van der Waals surface area contributed by atoms with E-state index in [1.54, 1.807) is 0 Å². The second-order valence-corrected chi connectivity index (χ2v) is 2.94. The van der Waals surface area contributed by atoms with Crippen molar-refractivity contribution in [2.75, 3.05) is 20.0 Å². The fourth-order valence-electron chi connectivity index (χ4n) is 1.07. The summed E-state index contributed by atoms with van der Waals surface area (Å²) in [5.41, 5.74) is 6.12. The van der Waals surface area contributed by atoms with Gasteiger partial charge in [-0.1, -0.05) is 11.6 Å². The lowest BCUT2D eigenvalue weighted by molar-refractivity contribution is 0.0597. The van der Waals surface area contributed by atoms with Crippen molar-refractivity contribution in [3.63, 3.8) is 0 Å². The molecule has 0 heterocycles. The van der Waals surface area contributed by atoms with E-state index in [2.05, 4.69) is 4.74 Å². The summed E-state index contributed by atoms with van der Waals surface area (Å²) in [6, 6.07) is 3.02. The Bertz CT molecular complexity index is 365. The Kier molecular flexibility index (Phi) is 3.19. The molecule has 1 aromatic carbocycles. The molecule has 0 atom stereocenters. The molecule has 1 rings (SSSR count). The summed E-state index contributed by atoms with van der Waals surface area (Å²) in [5, 5.41) is 0.342. The molecule has 0 radical (unpaired) electrons. The summed E-state index contributed by atoms with van der Waals surface area (Å²) >= 11 is 5.76. The standard InChI is InChI=1S/C9H10ClNO3/c1-13-8-5(9(12)14-2)3-4-6(10)7(8)11/h3-4H,11H2,1-2H3. The van der Waals surface area contributed by atoms with Crippen molar-refractivity contribution in [1.82, 2.24) is 0 Å². The van der Waals surface area contributed by atoms with E-state index >= 15 is 0 Å². The average Bonchev–Trinajstić information content (AvgIpc) is 2.20. The van der Waals surface area contributed by atoms with E-state index in [1.165, 1.54) is 26.4 Å². The van der Waals surface area contributed by atoms with E-state index in [9.17, 15) is 4.79 Å². The molecule has 0 aliphatic carbocycles. The number of rotatable bonds is 2. The molecule has 0 aromatic heterocycles. The molecule has 0 amide bonds. The third-order valence-corrected chi connectivity index (χ3v) is 2.08. The second kappa shape index (κ2) is 4.19. The SMILES string of the molecule is COC(=O)c1ccc(Cl)c(N)c1OC. The van der Waals surface area contributed by atoms with Crippen molar-refractivity contribution >= 4 is 23.3 Å². The quantitative estimate of drug-likeness (QED) is 0.603. The van der Waals surface area contributed by atoms with E-state index in [0.717, 1.165) is 0 Å². The minimum Gasteiger partial charge on any atom is -0.494 e. The van der Waals surface area contributed by atoms with Crippen LogP contribution in [0.25, 0.3) is 0 Å². The zero-order chi connectivity index (χ0) is 10.7. The summed E-state index contributed by atoms with van der Waals surface area (Å²) in [4.78, 5) is 11.3. The molecule has 14 heavy (non-hydrogen) atoms. The Labute approximate surface area is 86.6 Å². The number of methoxy groups -OCH3 is 2. The predicted molar refractivity (Wildman–Crippen MR) is 53.8 cm³/mol. The van der Waals surface area contributed by atoms with Gasteiger partial charge in [0.2, 0.25) is 0 Å². The van der Waals surface area contributed by atoms with Gasteiger partial charge in [-0.25, -0.2) is 4.79 Å². The van der Waals surface area contributed by atoms with Gasteiger partial charge in [0.1, 0.15) is 5.56 Å². The van der Waals surface area contributed by atoms with E-state index in [-0.39, 0.29) is 17.0 Å². The van der Waals surface area contributed by atoms with Crippen molar-refractivity contribution in [3.05, 3.63) is 22.7 Å². The smallest absolute Gasteiger partial charge is 0.341 e. The average molecular weight is 216 g/mol. The van der Waals surface area contributed by atoms with E-state index in [1.807, 2.05) is 0 Å². The number of benzene rings is 1. The maximum atomic E-state index is 11.3. The molecule has 0 saturated heterocycles. The van der Waals surface area contributed by atoms with Gasteiger partial charge < -0.3 is 15.2 Å². The zero-order valence-electron chi connectivity index (χ0n) is 7.83. The van der Waals surface area contributed by atoms with Crippen LogP contribution in [0.15, 0.2) is 12.1 Å². The minimum atomic E-state index is -0.509. The molecule has 76 valence electrons. The topological polar surface area (TPSA) is 61.5 Å². The number of nitrogen functional groups attached to an aromatic ring is 1. The van der Waals surface area contributed by atoms with Crippen LogP contribution in [0.4, 0.5) is 5.69 Å². The lowest BCUT2D eigenvalue weighted by atomic mass is 10.1. The third kappa shape index (κ3) is 1.75. The van der Waals surface area contributed by atoms with Crippen molar-refractivity contribution in [1.29, 1.82) is 0 Å². The van der Waals surface area contributed by atoms with E-state index in [4.69, 9.17) is 22.1 Å². The molecule has 0 fully saturated rings. The lowest BCUT2D eigenvalue weighted by Gasteiger charge is -2.10. The first-order chi connectivity index (χ1) is 6.61. The molecular weight excluding hydrogens is 206 g/mol. The molecule has 4 nitrogen and oxygen atoms in total. The van der Waals surface area contributed by atoms with Gasteiger partial charge in [-0.2, -0.15) is 0 Å². The Morgan fingerprint density at radius 2 is 2.07 bits per heavy atom. The number of carbonyl (C=O) groups is 1. The number of hydrogen-bond donors (Lipinski definition) is 1. The molecule has 0 saturated carbocycles. The van der Waals surface area contributed by atoms with Crippen LogP contribution in [0.5, 0.6) is 5.75 Å². The maximum Gasteiger partial charge on any atom is 0.341 e. The summed E-state index contributed by atoms with van der Waals surface area (Å²) in [6.07, 6.45) is 0. The summed E-state index contributed by atoms with van der Waals surface area (Å²) < 4.78 is 9.53. The van der Waals surface area contributed by atoms with Crippen LogP contribution in [0.1, 0.15) is 10.4 Å². The molecular formula is C9H10ClNO3. The van der Waals surface area contributed by atoms with Gasteiger partial charge >= 0.3 is 5.97 Å². The summed E-state index contributed by atoms with van der Waals surface area (Å²) in [7, 11) is 2.70. The van der Waals surface area contributed by atoms with Crippen LogP contribution in [-0.4, -0.2) is 20.2 Å². The van der Waals surface area contributed by atoms with Crippen LogP contribution in [0.3, 0.4) is 0 Å². The van der Waals surface area contributed by atoms with Gasteiger partial charge in [-0.3, -0.25) is 0 Å². The molecule has 1 aromatic rings. The van der Waals surface area contributed by atoms with Crippen molar-refractivity contribution in [2.24, 2.45) is 0 Å². The molecule has 0 aliphatic rings. The fraction of sp³-hybridized carbons (Fsp3) is 0.222. The Balaban J connectivity index is 3.31. The minimum absolute atomic E-state index is 0.233. The third-order valence-electron chi connectivity index (χ3n) is 1.75. The highest BCUT2D eigenvalue weighted by Crippen LogP contribution is 2.33. The first-order valence-electron chi connectivity index (χ1n) is 3.82. The molecule has 5 heteroatoms. The second-order valence-electron chi connectivity index (χ2n) is 2.53. The van der Waals surface area contributed by atoms with E-state index < -0.39 is 5.97 Å². The number of halogens is 1. The number of esters is 1. The first-order valence-corrected chi connectivity index (χ1v) is 4.20. The van der Waals surface area contributed by atoms with Gasteiger partial charge in [0, 0.05) is 0 Å². The molecule has 0 bridgehead atoms. The Hall–Kier alpha value is -1.42. The Morgan fingerprint density at radius 3 is 2.57 bits per heavy atom. The number of ether oxygens (including phenoxy) is 2. The van der Waals surface area contributed by atoms with E-state index in [0.29, 0.717) is 5.02 Å². The number of anilines is 1. The van der Waals surface area contributed by atoms with Crippen molar-refractivity contribution in [3.8, 4) is 5.75 Å². The van der Waals surface area contributed by atoms with Crippen LogP contribution >= 0.6 is 11.6 Å². The van der Waals surface area contributed by atoms with Crippen LogP contribution in [0.2, 0.25) is 5.02 Å². The predicted octanol–water partition coefficient (Wildman–Crippen LogP) is 1.72. The first kappa shape index (κ1) is 10.7. The number of hydrogen-bond acceptors (Lipinski definition) is 4. The van der Waals surface area contributed by atoms with Gasteiger partial charge in [-0.15, -0.1) is 0 Å². The zero-order valence-corrected chi connectivity index (χ0v) is 8.59. The van der Waals surface area contributed by atoms with Gasteiger partial charge in [0.05, 0.1) is 24.9 Å². The largest absolute Gasteiger partial charge is 0.494 e. The van der Waals surface area contributed by atoms with Gasteiger partial charge in [0.25, 0.3) is 0 Å². The normalized spacial score (nSPS) is 9.64. The lowest BCUT2D eigenvalue weighted by Crippen LogP contribution is -2.06. The van der Waals surface area contributed by atoms with Crippen LogP contribution in [0, 0.1) is 0 Å². The Morgan fingerprint density at radius 1 is 1.43 bits per heavy atom.